The van der Waals surface area contributed by atoms with Gasteiger partial charge >= 0.3 is 0 Å². The fraction of sp³-hybridized carbons (Fsp3) is 0.533. The molecule has 0 spiro atoms. The van der Waals surface area contributed by atoms with E-state index in [0.29, 0.717) is 6.04 Å². The lowest BCUT2D eigenvalue weighted by molar-refractivity contribution is 0.376. The number of imidazole rings is 1. The topological polar surface area (TPSA) is 29.9 Å². The lowest BCUT2D eigenvalue weighted by atomic mass is 10.0. The van der Waals surface area contributed by atoms with Crippen LogP contribution in [0.25, 0.3) is 11.0 Å². The number of hydrogen-bond donors (Lipinski definition) is 1. The van der Waals surface area contributed by atoms with Gasteiger partial charge < -0.3 is 9.88 Å². The summed E-state index contributed by atoms with van der Waals surface area (Å²) in [4.78, 5) is 4.84. The van der Waals surface area contributed by atoms with E-state index in [1.165, 1.54) is 12.8 Å². The third-order valence-corrected chi connectivity index (χ3v) is 4.06. The number of aromatic nitrogens is 2. The number of fused-ring (bicyclic) bond motifs is 1. The van der Waals surface area contributed by atoms with Crippen LogP contribution in [0.4, 0.5) is 0 Å². The van der Waals surface area contributed by atoms with E-state index in [1.54, 1.807) is 0 Å². The van der Waals surface area contributed by atoms with Gasteiger partial charge in [-0.2, -0.15) is 0 Å². The van der Waals surface area contributed by atoms with Crippen molar-refractivity contribution in [2.75, 3.05) is 6.54 Å². The van der Waals surface area contributed by atoms with Crippen LogP contribution >= 0.6 is 11.6 Å². The molecule has 1 aliphatic carbocycles. The van der Waals surface area contributed by atoms with Gasteiger partial charge in [-0.3, -0.25) is 0 Å². The molecule has 1 aromatic heterocycles. The van der Waals surface area contributed by atoms with Crippen LogP contribution in [-0.4, -0.2) is 16.1 Å². The Morgan fingerprint density at radius 1 is 1.42 bits per heavy atom. The van der Waals surface area contributed by atoms with Crippen LogP contribution in [0, 0.1) is 0 Å². The quantitative estimate of drug-likeness (QED) is 0.919. The van der Waals surface area contributed by atoms with Crippen LogP contribution in [-0.2, 0) is 5.54 Å². The lowest BCUT2D eigenvalue weighted by Crippen LogP contribution is -2.38. The predicted molar refractivity (Wildman–Crippen MR) is 79.7 cm³/mol. The number of benzene rings is 1. The highest BCUT2D eigenvalue weighted by Crippen LogP contribution is 2.42. The van der Waals surface area contributed by atoms with E-state index in [1.807, 2.05) is 18.2 Å². The number of rotatable bonds is 4. The van der Waals surface area contributed by atoms with Gasteiger partial charge in [0.1, 0.15) is 5.82 Å². The van der Waals surface area contributed by atoms with Crippen LogP contribution in [0.5, 0.6) is 0 Å². The first-order valence-corrected chi connectivity index (χ1v) is 7.34. The first kappa shape index (κ1) is 12.9. The van der Waals surface area contributed by atoms with E-state index < -0.39 is 0 Å². The minimum Gasteiger partial charge on any atom is -0.322 e. The Kier molecular flexibility index (Phi) is 3.06. The molecule has 0 bridgehead atoms. The molecule has 0 unspecified atom stereocenters. The van der Waals surface area contributed by atoms with Crippen molar-refractivity contribution in [3.05, 3.63) is 29.0 Å². The monoisotopic (exact) mass is 277 g/mol. The van der Waals surface area contributed by atoms with Crippen molar-refractivity contribution in [2.24, 2.45) is 0 Å². The summed E-state index contributed by atoms with van der Waals surface area (Å²) in [5.74, 6) is 1.10. The van der Waals surface area contributed by atoms with Gasteiger partial charge in [-0.1, -0.05) is 24.6 Å². The second-order valence-electron chi connectivity index (χ2n) is 5.80. The molecule has 0 amide bonds. The molecule has 3 rings (SSSR count). The number of nitrogens with one attached hydrogen (secondary N) is 1. The van der Waals surface area contributed by atoms with Crippen molar-refractivity contribution in [2.45, 2.75) is 45.2 Å². The summed E-state index contributed by atoms with van der Waals surface area (Å²) in [6, 6.07) is 6.54. The largest absolute Gasteiger partial charge is 0.322 e. The molecule has 102 valence electrons. The maximum Gasteiger partial charge on any atom is 0.129 e. The summed E-state index contributed by atoms with van der Waals surface area (Å²) in [5.41, 5.74) is 1.95. The molecule has 3 nitrogen and oxygen atoms in total. The molecule has 1 N–H and O–H groups in total. The lowest BCUT2D eigenvalue weighted by Gasteiger charge is -2.26. The molecule has 1 heterocycles. The normalized spacial score (nSPS) is 16.2. The number of para-hydroxylation sites is 1. The molecule has 0 atom stereocenters. The van der Waals surface area contributed by atoms with E-state index in [-0.39, 0.29) is 5.54 Å². The summed E-state index contributed by atoms with van der Waals surface area (Å²) in [5, 5.41) is 4.32. The van der Waals surface area contributed by atoms with Crippen molar-refractivity contribution >= 4 is 22.6 Å². The molecular formula is C15H20ClN3. The highest BCUT2D eigenvalue weighted by atomic mass is 35.5. The minimum absolute atomic E-state index is 0.139. The highest BCUT2D eigenvalue weighted by Gasteiger charge is 2.34. The number of hydrogen-bond acceptors (Lipinski definition) is 2. The average molecular weight is 278 g/mol. The first-order chi connectivity index (χ1) is 9.04. The van der Waals surface area contributed by atoms with Crippen LogP contribution < -0.4 is 5.32 Å². The fourth-order valence-electron chi connectivity index (χ4n) is 2.76. The molecule has 0 saturated heterocycles. The standard InChI is InChI=1S/C15H20ClN3/c1-4-17-15(2,3)14-18-12-7-5-6-11(16)13(12)19(14)10-8-9-10/h5-7,10,17H,4,8-9H2,1-3H3. The minimum atomic E-state index is -0.139. The summed E-state index contributed by atoms with van der Waals surface area (Å²) in [6.07, 6.45) is 2.46. The van der Waals surface area contributed by atoms with E-state index in [2.05, 4.69) is 30.7 Å². The number of halogens is 1. The molecule has 2 aromatic rings. The van der Waals surface area contributed by atoms with E-state index in [9.17, 15) is 0 Å². The molecule has 1 saturated carbocycles. The summed E-state index contributed by atoms with van der Waals surface area (Å²) >= 11 is 6.39. The Bertz CT molecular complexity index is 611. The van der Waals surface area contributed by atoms with Crippen molar-refractivity contribution in [3.8, 4) is 0 Å². The summed E-state index contributed by atoms with van der Waals surface area (Å²) < 4.78 is 2.35. The first-order valence-electron chi connectivity index (χ1n) is 6.96. The van der Waals surface area contributed by atoms with Gasteiger partial charge in [0.25, 0.3) is 0 Å². The van der Waals surface area contributed by atoms with E-state index >= 15 is 0 Å². The Hall–Kier alpha value is -1.06. The van der Waals surface area contributed by atoms with Crippen LogP contribution in [0.1, 0.15) is 45.5 Å². The third kappa shape index (κ3) is 2.15. The molecule has 0 radical (unpaired) electrons. The zero-order valence-corrected chi connectivity index (χ0v) is 12.5. The van der Waals surface area contributed by atoms with Gasteiger partial charge in [0.2, 0.25) is 0 Å². The van der Waals surface area contributed by atoms with Crippen LogP contribution in [0.15, 0.2) is 18.2 Å². The Balaban J connectivity index is 2.24. The summed E-state index contributed by atoms with van der Waals surface area (Å²) in [7, 11) is 0. The second-order valence-corrected chi connectivity index (χ2v) is 6.21. The maximum absolute atomic E-state index is 6.39. The molecule has 0 aliphatic heterocycles. The van der Waals surface area contributed by atoms with Gasteiger partial charge in [0.15, 0.2) is 0 Å². The van der Waals surface area contributed by atoms with Crippen molar-refractivity contribution in [3.63, 3.8) is 0 Å². The maximum atomic E-state index is 6.39. The van der Waals surface area contributed by atoms with Crippen molar-refractivity contribution in [1.82, 2.24) is 14.9 Å². The summed E-state index contributed by atoms with van der Waals surface area (Å²) in [6.45, 7) is 7.42. The Morgan fingerprint density at radius 2 is 2.16 bits per heavy atom. The molecule has 1 aliphatic rings. The zero-order valence-electron chi connectivity index (χ0n) is 11.7. The Morgan fingerprint density at radius 3 is 2.79 bits per heavy atom. The second kappa shape index (κ2) is 4.50. The van der Waals surface area contributed by atoms with Crippen molar-refractivity contribution in [1.29, 1.82) is 0 Å². The smallest absolute Gasteiger partial charge is 0.129 e. The van der Waals surface area contributed by atoms with Gasteiger partial charge in [-0.05, 0) is 45.4 Å². The van der Waals surface area contributed by atoms with E-state index in [4.69, 9.17) is 16.6 Å². The fourth-order valence-corrected chi connectivity index (χ4v) is 3.02. The zero-order chi connectivity index (χ0) is 13.6. The van der Waals surface area contributed by atoms with Gasteiger partial charge in [0.05, 0.1) is 21.6 Å². The third-order valence-electron chi connectivity index (χ3n) is 3.75. The molecule has 1 fully saturated rings. The van der Waals surface area contributed by atoms with Crippen LogP contribution in [0.2, 0.25) is 5.02 Å². The SMILES string of the molecule is CCNC(C)(C)c1nc2cccc(Cl)c2n1C1CC1. The van der Waals surface area contributed by atoms with Crippen LogP contribution in [0.3, 0.4) is 0 Å². The van der Waals surface area contributed by atoms with Gasteiger partial charge in [-0.15, -0.1) is 0 Å². The van der Waals surface area contributed by atoms with E-state index in [0.717, 1.165) is 28.4 Å². The Labute approximate surface area is 119 Å². The van der Waals surface area contributed by atoms with Gasteiger partial charge in [-0.25, -0.2) is 4.98 Å². The molecule has 1 aromatic carbocycles. The average Bonchev–Trinajstić information content (AvgIpc) is 3.09. The molecular weight excluding hydrogens is 258 g/mol. The van der Waals surface area contributed by atoms with Gasteiger partial charge in [0, 0.05) is 6.04 Å². The predicted octanol–water partition coefficient (Wildman–Crippen LogP) is 3.87. The van der Waals surface area contributed by atoms with Crippen molar-refractivity contribution < 1.29 is 0 Å². The highest BCUT2D eigenvalue weighted by molar-refractivity contribution is 6.35. The molecule has 19 heavy (non-hydrogen) atoms. The molecule has 4 heteroatoms. The number of nitrogens with zero attached hydrogens (tertiary/aromatic N) is 2.